The second-order valence-corrected chi connectivity index (χ2v) is 4.49. The molecule has 0 heterocycles. The van der Waals surface area contributed by atoms with E-state index < -0.39 is 30.4 Å². The standard InChI is InChI=1S/C11H18N2O5/c12-11(18)13(7-4-2-1-3-5-7)8(10(16)17)6-9(14)15/h7-8H,1-6H2,(H2,12,18)(H,14,15)(H,16,17). The van der Waals surface area contributed by atoms with E-state index in [9.17, 15) is 14.4 Å². The Balaban J connectivity index is 2.88. The summed E-state index contributed by atoms with van der Waals surface area (Å²) in [5, 5.41) is 17.8. The minimum atomic E-state index is -1.39. The van der Waals surface area contributed by atoms with Crippen LogP contribution in [0, 0.1) is 0 Å². The average Bonchev–Trinajstić information content (AvgIpc) is 2.28. The third kappa shape index (κ3) is 3.61. The number of hydrogen-bond acceptors (Lipinski definition) is 3. The number of carbonyl (C=O) groups is 3. The molecule has 0 radical (unpaired) electrons. The number of urea groups is 1. The van der Waals surface area contributed by atoms with Gasteiger partial charge in [-0.05, 0) is 12.8 Å². The minimum Gasteiger partial charge on any atom is -0.481 e. The van der Waals surface area contributed by atoms with Crippen LogP contribution in [0.25, 0.3) is 0 Å². The fourth-order valence-corrected chi connectivity index (χ4v) is 2.42. The number of primary amides is 1. The van der Waals surface area contributed by atoms with Crippen LogP contribution in [0.5, 0.6) is 0 Å². The largest absolute Gasteiger partial charge is 0.481 e. The molecule has 0 aliphatic heterocycles. The molecule has 1 rings (SSSR count). The number of aliphatic carboxylic acids is 2. The first kappa shape index (κ1) is 14.3. The summed E-state index contributed by atoms with van der Waals surface area (Å²) in [7, 11) is 0. The molecule has 1 unspecified atom stereocenters. The molecule has 1 aliphatic carbocycles. The summed E-state index contributed by atoms with van der Waals surface area (Å²) in [6.45, 7) is 0. The fraction of sp³-hybridized carbons (Fsp3) is 0.727. The van der Waals surface area contributed by atoms with Gasteiger partial charge in [0.2, 0.25) is 0 Å². The lowest BCUT2D eigenvalue weighted by Crippen LogP contribution is -2.54. The van der Waals surface area contributed by atoms with Crippen molar-refractivity contribution in [3.8, 4) is 0 Å². The highest BCUT2D eigenvalue weighted by molar-refractivity contribution is 5.85. The van der Waals surface area contributed by atoms with Gasteiger partial charge in [-0.1, -0.05) is 19.3 Å². The number of hydrogen-bond donors (Lipinski definition) is 3. The number of carbonyl (C=O) groups excluding carboxylic acids is 1. The van der Waals surface area contributed by atoms with Crippen molar-refractivity contribution in [2.24, 2.45) is 5.73 Å². The van der Waals surface area contributed by atoms with Crippen molar-refractivity contribution < 1.29 is 24.6 Å². The maximum absolute atomic E-state index is 11.4. The number of rotatable bonds is 5. The highest BCUT2D eigenvalue weighted by Crippen LogP contribution is 2.25. The normalized spacial score (nSPS) is 18.0. The molecule has 0 aromatic rings. The molecule has 102 valence electrons. The Bertz CT molecular complexity index is 338. The molecular formula is C11H18N2O5. The van der Waals surface area contributed by atoms with Gasteiger partial charge in [-0.15, -0.1) is 0 Å². The number of nitrogens with two attached hydrogens (primary N) is 1. The summed E-state index contributed by atoms with van der Waals surface area (Å²) in [5.74, 6) is -2.59. The van der Waals surface area contributed by atoms with Crippen LogP contribution in [0.4, 0.5) is 4.79 Å². The third-order valence-electron chi connectivity index (χ3n) is 3.21. The summed E-state index contributed by atoms with van der Waals surface area (Å²) in [4.78, 5) is 34.2. The van der Waals surface area contributed by atoms with E-state index in [4.69, 9.17) is 15.9 Å². The molecule has 18 heavy (non-hydrogen) atoms. The van der Waals surface area contributed by atoms with Gasteiger partial charge in [0.05, 0.1) is 6.42 Å². The Hall–Kier alpha value is -1.79. The first-order chi connectivity index (χ1) is 8.43. The van der Waals surface area contributed by atoms with Gasteiger partial charge in [-0.2, -0.15) is 0 Å². The lowest BCUT2D eigenvalue weighted by atomic mass is 9.93. The van der Waals surface area contributed by atoms with E-state index in [1.54, 1.807) is 0 Å². The Kier molecular flexibility index (Phi) is 4.94. The Morgan fingerprint density at radius 1 is 1.17 bits per heavy atom. The fourth-order valence-electron chi connectivity index (χ4n) is 2.42. The van der Waals surface area contributed by atoms with Crippen LogP contribution in [0.3, 0.4) is 0 Å². The quantitative estimate of drug-likeness (QED) is 0.667. The second kappa shape index (κ2) is 6.23. The average molecular weight is 258 g/mol. The topological polar surface area (TPSA) is 121 Å². The summed E-state index contributed by atoms with van der Waals surface area (Å²) < 4.78 is 0. The molecule has 0 saturated heterocycles. The van der Waals surface area contributed by atoms with Crippen LogP contribution >= 0.6 is 0 Å². The molecule has 4 N–H and O–H groups in total. The Morgan fingerprint density at radius 3 is 2.11 bits per heavy atom. The van der Waals surface area contributed by atoms with Gasteiger partial charge in [0.25, 0.3) is 0 Å². The summed E-state index contributed by atoms with van der Waals surface area (Å²) >= 11 is 0. The predicted octanol–water partition coefficient (Wildman–Crippen LogP) is 0.628. The van der Waals surface area contributed by atoms with E-state index >= 15 is 0 Å². The van der Waals surface area contributed by atoms with Crippen LogP contribution in [0.1, 0.15) is 38.5 Å². The van der Waals surface area contributed by atoms with Crippen molar-refractivity contribution >= 4 is 18.0 Å². The molecule has 0 spiro atoms. The van der Waals surface area contributed by atoms with E-state index in [1.165, 1.54) is 0 Å². The number of carboxylic acids is 2. The molecule has 1 atom stereocenters. The first-order valence-electron chi connectivity index (χ1n) is 5.96. The first-order valence-corrected chi connectivity index (χ1v) is 5.96. The summed E-state index contributed by atoms with van der Waals surface area (Å²) in [5.41, 5.74) is 5.21. The van der Waals surface area contributed by atoms with Gasteiger partial charge in [-0.3, -0.25) is 4.79 Å². The maximum Gasteiger partial charge on any atom is 0.327 e. The molecule has 1 fully saturated rings. The van der Waals surface area contributed by atoms with Crippen molar-refractivity contribution in [1.29, 1.82) is 0 Å². The van der Waals surface area contributed by atoms with Gasteiger partial charge in [0, 0.05) is 6.04 Å². The van der Waals surface area contributed by atoms with E-state index in [0.717, 1.165) is 24.2 Å². The lowest BCUT2D eigenvalue weighted by Gasteiger charge is -2.36. The number of carboxylic acid groups (broad SMARTS) is 2. The molecule has 7 nitrogen and oxygen atoms in total. The van der Waals surface area contributed by atoms with Gasteiger partial charge < -0.3 is 20.8 Å². The van der Waals surface area contributed by atoms with Gasteiger partial charge in [-0.25, -0.2) is 9.59 Å². The summed E-state index contributed by atoms with van der Waals surface area (Å²) in [6, 6.07) is -2.52. The highest BCUT2D eigenvalue weighted by atomic mass is 16.4. The zero-order valence-corrected chi connectivity index (χ0v) is 10.0. The van der Waals surface area contributed by atoms with Gasteiger partial charge in [0.1, 0.15) is 6.04 Å². The molecule has 0 bridgehead atoms. The molecule has 0 aromatic heterocycles. The van der Waals surface area contributed by atoms with Crippen LogP contribution < -0.4 is 5.73 Å². The zero-order chi connectivity index (χ0) is 13.7. The smallest absolute Gasteiger partial charge is 0.327 e. The number of amides is 2. The van der Waals surface area contributed by atoms with Crippen LogP contribution in [0.2, 0.25) is 0 Å². The van der Waals surface area contributed by atoms with Crippen LogP contribution in [-0.2, 0) is 9.59 Å². The van der Waals surface area contributed by atoms with E-state index in [0.29, 0.717) is 12.8 Å². The van der Waals surface area contributed by atoms with E-state index in [-0.39, 0.29) is 6.04 Å². The van der Waals surface area contributed by atoms with Gasteiger partial charge in [0.15, 0.2) is 0 Å². The minimum absolute atomic E-state index is 0.267. The molecular weight excluding hydrogens is 240 g/mol. The third-order valence-corrected chi connectivity index (χ3v) is 3.21. The number of nitrogens with zero attached hydrogens (tertiary/aromatic N) is 1. The molecule has 1 saturated carbocycles. The summed E-state index contributed by atoms with van der Waals surface area (Å²) in [6.07, 6.45) is 3.55. The molecule has 7 heteroatoms. The SMILES string of the molecule is NC(=O)N(C1CCCCC1)C(CC(=O)O)C(=O)O. The van der Waals surface area contributed by atoms with Crippen molar-refractivity contribution in [3.05, 3.63) is 0 Å². The molecule has 0 aromatic carbocycles. The Labute approximate surface area is 105 Å². The van der Waals surface area contributed by atoms with E-state index in [2.05, 4.69) is 0 Å². The molecule has 1 aliphatic rings. The molecule has 2 amide bonds. The van der Waals surface area contributed by atoms with Crippen molar-refractivity contribution in [2.45, 2.75) is 50.6 Å². The monoisotopic (exact) mass is 258 g/mol. The predicted molar refractivity (Wildman–Crippen MR) is 62.0 cm³/mol. The van der Waals surface area contributed by atoms with Crippen molar-refractivity contribution in [1.82, 2.24) is 4.90 Å². The lowest BCUT2D eigenvalue weighted by molar-refractivity contribution is -0.149. The van der Waals surface area contributed by atoms with E-state index in [1.807, 2.05) is 0 Å². The Morgan fingerprint density at radius 2 is 1.72 bits per heavy atom. The maximum atomic E-state index is 11.4. The van der Waals surface area contributed by atoms with Crippen LogP contribution in [-0.4, -0.2) is 45.2 Å². The highest BCUT2D eigenvalue weighted by Gasteiger charge is 2.36. The second-order valence-electron chi connectivity index (χ2n) is 4.49. The van der Waals surface area contributed by atoms with Gasteiger partial charge >= 0.3 is 18.0 Å². The van der Waals surface area contributed by atoms with Crippen molar-refractivity contribution in [2.75, 3.05) is 0 Å². The van der Waals surface area contributed by atoms with Crippen molar-refractivity contribution in [3.63, 3.8) is 0 Å². The zero-order valence-electron chi connectivity index (χ0n) is 10.0. The van der Waals surface area contributed by atoms with Crippen LogP contribution in [0.15, 0.2) is 0 Å².